The van der Waals surface area contributed by atoms with Crippen LogP contribution in [-0.4, -0.2) is 34.5 Å². The fourth-order valence-corrected chi connectivity index (χ4v) is 3.03. The highest BCUT2D eigenvalue weighted by Crippen LogP contribution is 2.31. The molecule has 1 saturated heterocycles. The van der Waals surface area contributed by atoms with Gasteiger partial charge in [-0.2, -0.15) is 0 Å². The molecule has 1 aromatic carbocycles. The molecule has 5 heteroatoms. The Hall–Kier alpha value is -1.88. The monoisotopic (exact) mass is 304 g/mol. The Labute approximate surface area is 131 Å². The van der Waals surface area contributed by atoms with Crippen molar-refractivity contribution >= 4 is 11.9 Å². The lowest BCUT2D eigenvalue weighted by Crippen LogP contribution is -2.49. The topological polar surface area (TPSA) is 58.6 Å². The number of nitrogens with one attached hydrogen (secondary N) is 1. The van der Waals surface area contributed by atoms with Crippen molar-refractivity contribution < 1.29 is 14.3 Å². The third-order valence-electron chi connectivity index (χ3n) is 3.90. The van der Waals surface area contributed by atoms with Crippen LogP contribution in [0.15, 0.2) is 30.3 Å². The van der Waals surface area contributed by atoms with Gasteiger partial charge in [-0.25, -0.2) is 0 Å². The van der Waals surface area contributed by atoms with Crippen LogP contribution in [0.4, 0.5) is 0 Å². The summed E-state index contributed by atoms with van der Waals surface area (Å²) in [5.41, 5.74) is -0.236. The zero-order valence-corrected chi connectivity index (χ0v) is 13.8. The molecular weight excluding hydrogens is 280 g/mol. The molecule has 0 radical (unpaired) electrons. The largest absolute Gasteiger partial charge is 0.456 e. The number of amides is 1. The van der Waals surface area contributed by atoms with E-state index in [1.54, 1.807) is 4.90 Å². The van der Waals surface area contributed by atoms with E-state index in [4.69, 9.17) is 4.74 Å². The molecule has 1 amide bonds. The summed E-state index contributed by atoms with van der Waals surface area (Å²) in [6.07, 6.45) is -0.474. The van der Waals surface area contributed by atoms with Crippen LogP contribution in [0.5, 0.6) is 0 Å². The van der Waals surface area contributed by atoms with Gasteiger partial charge >= 0.3 is 5.97 Å². The number of carbonyl (C=O) groups is 2. The first kappa shape index (κ1) is 16.5. The molecule has 0 saturated carbocycles. The van der Waals surface area contributed by atoms with E-state index < -0.39 is 17.3 Å². The van der Waals surface area contributed by atoms with Gasteiger partial charge in [0, 0.05) is 6.92 Å². The van der Waals surface area contributed by atoms with E-state index in [2.05, 4.69) is 5.32 Å². The standard InChI is InChI=1S/C17H24N2O3/c1-12(20)22-14(13-9-7-6-8-10-13)11-19-15(21)16(2,3)18-17(19,4)5/h6-10,14,18H,11H2,1-5H3. The molecule has 5 nitrogen and oxygen atoms in total. The van der Waals surface area contributed by atoms with Gasteiger partial charge < -0.3 is 9.64 Å². The quantitative estimate of drug-likeness (QED) is 0.867. The molecule has 1 unspecified atom stereocenters. The minimum atomic E-state index is -0.624. The van der Waals surface area contributed by atoms with Gasteiger partial charge in [-0.05, 0) is 33.3 Å². The van der Waals surface area contributed by atoms with E-state index >= 15 is 0 Å². The molecule has 1 heterocycles. The molecular formula is C17H24N2O3. The van der Waals surface area contributed by atoms with E-state index in [9.17, 15) is 9.59 Å². The van der Waals surface area contributed by atoms with Crippen molar-refractivity contribution in [3.8, 4) is 0 Å². The van der Waals surface area contributed by atoms with Crippen LogP contribution in [0, 0.1) is 0 Å². The maximum Gasteiger partial charge on any atom is 0.303 e. The molecule has 1 aliphatic rings. The van der Waals surface area contributed by atoms with Crippen molar-refractivity contribution in [2.75, 3.05) is 6.54 Å². The number of benzene rings is 1. The van der Waals surface area contributed by atoms with Crippen molar-refractivity contribution in [3.05, 3.63) is 35.9 Å². The fraction of sp³-hybridized carbons (Fsp3) is 0.529. The molecule has 0 aliphatic carbocycles. The third kappa shape index (κ3) is 3.30. The summed E-state index contributed by atoms with van der Waals surface area (Å²) in [7, 11) is 0. The first-order valence-electron chi connectivity index (χ1n) is 7.47. The molecule has 1 aliphatic heterocycles. The van der Waals surface area contributed by atoms with Gasteiger partial charge in [0.2, 0.25) is 5.91 Å². The summed E-state index contributed by atoms with van der Waals surface area (Å²) in [6.45, 7) is 9.34. The van der Waals surface area contributed by atoms with Crippen molar-refractivity contribution in [1.29, 1.82) is 0 Å². The van der Waals surface area contributed by atoms with Gasteiger partial charge in [-0.15, -0.1) is 0 Å². The highest BCUT2D eigenvalue weighted by molar-refractivity contribution is 5.88. The molecule has 120 valence electrons. The second-order valence-corrected chi connectivity index (χ2v) is 6.73. The fourth-order valence-electron chi connectivity index (χ4n) is 3.03. The first-order chi connectivity index (χ1) is 10.1. The van der Waals surface area contributed by atoms with Gasteiger partial charge in [0.05, 0.1) is 17.7 Å². The van der Waals surface area contributed by atoms with Crippen LogP contribution in [0.3, 0.4) is 0 Å². The lowest BCUT2D eigenvalue weighted by molar-refractivity contribution is -0.151. The van der Waals surface area contributed by atoms with Crippen LogP contribution >= 0.6 is 0 Å². The Morgan fingerprint density at radius 1 is 1.23 bits per heavy atom. The van der Waals surface area contributed by atoms with E-state index in [0.29, 0.717) is 6.54 Å². The average Bonchev–Trinajstić information content (AvgIpc) is 2.56. The lowest BCUT2D eigenvalue weighted by atomic mass is 10.1. The van der Waals surface area contributed by atoms with Gasteiger partial charge in [0.25, 0.3) is 0 Å². The normalized spacial score (nSPS) is 20.8. The predicted octanol–water partition coefficient (Wildman–Crippen LogP) is 2.24. The summed E-state index contributed by atoms with van der Waals surface area (Å²) < 4.78 is 5.45. The third-order valence-corrected chi connectivity index (χ3v) is 3.90. The lowest BCUT2D eigenvalue weighted by Gasteiger charge is -2.34. The SMILES string of the molecule is CC(=O)OC(CN1C(=O)C(C)(C)NC1(C)C)c1ccccc1. The van der Waals surface area contributed by atoms with Crippen molar-refractivity contribution in [1.82, 2.24) is 10.2 Å². The van der Waals surface area contributed by atoms with Crippen LogP contribution in [0.1, 0.15) is 46.3 Å². The van der Waals surface area contributed by atoms with E-state index in [1.165, 1.54) is 6.92 Å². The van der Waals surface area contributed by atoms with Crippen LogP contribution in [0.2, 0.25) is 0 Å². The summed E-state index contributed by atoms with van der Waals surface area (Å²) in [5, 5.41) is 3.32. The number of carbonyl (C=O) groups excluding carboxylic acids is 2. The Morgan fingerprint density at radius 3 is 2.27 bits per heavy atom. The Bertz CT molecular complexity index is 567. The maximum atomic E-state index is 12.6. The van der Waals surface area contributed by atoms with E-state index in [-0.39, 0.29) is 11.9 Å². The minimum absolute atomic E-state index is 0.00517. The summed E-state index contributed by atoms with van der Waals surface area (Å²) in [6, 6.07) is 9.50. The van der Waals surface area contributed by atoms with Gasteiger partial charge in [-0.3, -0.25) is 14.9 Å². The molecule has 1 aromatic rings. The zero-order valence-electron chi connectivity index (χ0n) is 13.8. The number of nitrogens with zero attached hydrogens (tertiary/aromatic N) is 1. The molecule has 1 fully saturated rings. The average molecular weight is 304 g/mol. The number of rotatable bonds is 4. The second-order valence-electron chi connectivity index (χ2n) is 6.73. The maximum absolute atomic E-state index is 12.6. The Balaban J connectivity index is 2.27. The predicted molar refractivity (Wildman–Crippen MR) is 84.0 cm³/mol. The zero-order chi connectivity index (χ0) is 16.5. The number of ether oxygens (including phenoxy) is 1. The number of esters is 1. The Morgan fingerprint density at radius 2 is 1.82 bits per heavy atom. The smallest absolute Gasteiger partial charge is 0.303 e. The van der Waals surface area contributed by atoms with Crippen molar-refractivity contribution in [2.45, 2.75) is 51.9 Å². The molecule has 1 atom stereocenters. The van der Waals surface area contributed by atoms with E-state index in [1.807, 2.05) is 58.0 Å². The molecule has 0 bridgehead atoms. The molecule has 22 heavy (non-hydrogen) atoms. The van der Waals surface area contributed by atoms with Gasteiger partial charge in [0.1, 0.15) is 6.10 Å². The molecule has 0 spiro atoms. The van der Waals surface area contributed by atoms with Crippen LogP contribution < -0.4 is 5.32 Å². The molecule has 1 N–H and O–H groups in total. The van der Waals surface area contributed by atoms with Crippen LogP contribution in [-0.2, 0) is 14.3 Å². The first-order valence-corrected chi connectivity index (χ1v) is 7.47. The van der Waals surface area contributed by atoms with Crippen molar-refractivity contribution in [3.63, 3.8) is 0 Å². The van der Waals surface area contributed by atoms with Gasteiger partial charge in [0.15, 0.2) is 0 Å². The van der Waals surface area contributed by atoms with Gasteiger partial charge in [-0.1, -0.05) is 30.3 Å². The number of hydrogen-bond donors (Lipinski definition) is 1. The highest BCUT2D eigenvalue weighted by Gasteiger charge is 2.50. The second kappa shape index (κ2) is 5.72. The summed E-state index contributed by atoms with van der Waals surface area (Å²) >= 11 is 0. The van der Waals surface area contributed by atoms with Crippen LogP contribution in [0.25, 0.3) is 0 Å². The summed E-state index contributed by atoms with van der Waals surface area (Å²) in [4.78, 5) is 25.8. The molecule has 2 rings (SSSR count). The van der Waals surface area contributed by atoms with Crippen molar-refractivity contribution in [2.24, 2.45) is 0 Å². The highest BCUT2D eigenvalue weighted by atomic mass is 16.5. The summed E-state index contributed by atoms with van der Waals surface area (Å²) in [5.74, 6) is -0.351. The molecule has 0 aromatic heterocycles. The Kier molecular flexibility index (Phi) is 4.29. The minimum Gasteiger partial charge on any atom is -0.456 e. The van der Waals surface area contributed by atoms with E-state index in [0.717, 1.165) is 5.56 Å². The number of hydrogen-bond acceptors (Lipinski definition) is 4.